The van der Waals surface area contributed by atoms with Crippen molar-refractivity contribution in [3.05, 3.63) is 60.2 Å². The van der Waals surface area contributed by atoms with Crippen molar-refractivity contribution < 1.29 is 4.79 Å². The van der Waals surface area contributed by atoms with E-state index in [0.717, 1.165) is 17.3 Å². The first-order valence-electron chi connectivity index (χ1n) is 7.43. The highest BCUT2D eigenvalue weighted by atomic mass is 16.2. The van der Waals surface area contributed by atoms with Crippen molar-refractivity contribution >= 4 is 5.91 Å². The number of rotatable bonds is 2. The molecular weight excluding hydrogens is 292 g/mol. The van der Waals surface area contributed by atoms with E-state index in [1.54, 1.807) is 24.5 Å². The molecule has 1 amide bonds. The highest BCUT2D eigenvalue weighted by Crippen LogP contribution is 2.27. The lowest BCUT2D eigenvalue weighted by Gasteiger charge is -2.16. The van der Waals surface area contributed by atoms with E-state index in [4.69, 9.17) is 0 Å². The summed E-state index contributed by atoms with van der Waals surface area (Å²) in [6, 6.07) is 7.54. The van der Waals surface area contributed by atoms with Crippen LogP contribution in [-0.2, 0) is 6.54 Å². The third-order valence-electron chi connectivity index (χ3n) is 4.20. The molecule has 1 aliphatic heterocycles. The monoisotopic (exact) mass is 308 g/mol. The second-order valence-electron chi connectivity index (χ2n) is 5.67. The second-order valence-corrected chi connectivity index (χ2v) is 5.67. The Morgan fingerprint density at radius 1 is 1.22 bits per heavy atom. The molecule has 4 rings (SSSR count). The normalized spacial score (nSPS) is 15.0. The molecule has 116 valence electrons. The summed E-state index contributed by atoms with van der Waals surface area (Å²) in [6.07, 6.45) is 5.39. The lowest BCUT2D eigenvalue weighted by atomic mass is 10.1. The maximum atomic E-state index is 12.6. The van der Waals surface area contributed by atoms with Gasteiger partial charge in [0.05, 0.1) is 30.2 Å². The van der Waals surface area contributed by atoms with Crippen molar-refractivity contribution in [1.29, 1.82) is 0 Å². The van der Waals surface area contributed by atoms with E-state index < -0.39 is 0 Å². The van der Waals surface area contributed by atoms with Crippen molar-refractivity contribution in [3.63, 3.8) is 0 Å². The van der Waals surface area contributed by atoms with E-state index >= 15 is 0 Å². The molecule has 0 fully saturated rings. The molecule has 1 atom stereocenters. The Balaban J connectivity index is 1.94. The first kappa shape index (κ1) is 13.7. The zero-order valence-corrected chi connectivity index (χ0v) is 12.9. The Morgan fingerprint density at radius 2 is 2.04 bits per heavy atom. The SMILES string of the molecule is CC(c1nnc2n1-c1ccccc1C(=O)N(C)C2)n1ccnc1. The van der Waals surface area contributed by atoms with E-state index in [-0.39, 0.29) is 11.9 Å². The van der Waals surface area contributed by atoms with Gasteiger partial charge in [0.25, 0.3) is 5.91 Å². The van der Waals surface area contributed by atoms with Gasteiger partial charge in [-0.25, -0.2) is 4.98 Å². The van der Waals surface area contributed by atoms with Crippen molar-refractivity contribution in [2.45, 2.75) is 19.5 Å². The molecule has 1 aromatic carbocycles. The van der Waals surface area contributed by atoms with Crippen LogP contribution in [0.4, 0.5) is 0 Å². The predicted octanol–water partition coefficient (Wildman–Crippen LogP) is 1.66. The number of aromatic nitrogens is 5. The number of carbonyl (C=O) groups excluding carboxylic acids is 1. The first-order chi connectivity index (χ1) is 11.2. The first-order valence-corrected chi connectivity index (χ1v) is 7.43. The minimum Gasteiger partial charge on any atom is -0.334 e. The van der Waals surface area contributed by atoms with Crippen LogP contribution in [0.1, 0.15) is 35.0 Å². The molecule has 1 unspecified atom stereocenters. The molecule has 0 aliphatic carbocycles. The van der Waals surface area contributed by atoms with Gasteiger partial charge in [-0.15, -0.1) is 10.2 Å². The second kappa shape index (κ2) is 5.05. The summed E-state index contributed by atoms with van der Waals surface area (Å²) in [4.78, 5) is 18.3. The maximum absolute atomic E-state index is 12.6. The zero-order valence-electron chi connectivity index (χ0n) is 12.9. The van der Waals surface area contributed by atoms with Crippen LogP contribution in [-0.4, -0.2) is 42.2 Å². The number of fused-ring (bicyclic) bond motifs is 3. The summed E-state index contributed by atoms with van der Waals surface area (Å²) in [5.74, 6) is 1.54. The van der Waals surface area contributed by atoms with E-state index in [2.05, 4.69) is 15.2 Å². The van der Waals surface area contributed by atoms with Gasteiger partial charge < -0.3 is 9.47 Å². The van der Waals surface area contributed by atoms with Crippen LogP contribution in [0.3, 0.4) is 0 Å². The fourth-order valence-corrected chi connectivity index (χ4v) is 2.94. The number of para-hydroxylation sites is 1. The van der Waals surface area contributed by atoms with Gasteiger partial charge in [0.1, 0.15) is 0 Å². The summed E-state index contributed by atoms with van der Waals surface area (Å²) < 4.78 is 3.96. The van der Waals surface area contributed by atoms with Crippen molar-refractivity contribution in [1.82, 2.24) is 29.2 Å². The number of amides is 1. The summed E-state index contributed by atoms with van der Waals surface area (Å²) in [5.41, 5.74) is 1.48. The molecule has 3 heterocycles. The average Bonchev–Trinajstić information content (AvgIpc) is 3.21. The van der Waals surface area contributed by atoms with Crippen LogP contribution in [0, 0.1) is 0 Å². The van der Waals surface area contributed by atoms with Gasteiger partial charge in [0, 0.05) is 19.4 Å². The van der Waals surface area contributed by atoms with E-state index in [1.165, 1.54) is 0 Å². The van der Waals surface area contributed by atoms with Crippen LogP contribution in [0.25, 0.3) is 5.69 Å². The Bertz CT molecular complexity index is 867. The van der Waals surface area contributed by atoms with Gasteiger partial charge in [0.15, 0.2) is 11.6 Å². The number of hydrogen-bond acceptors (Lipinski definition) is 4. The third-order valence-corrected chi connectivity index (χ3v) is 4.20. The van der Waals surface area contributed by atoms with Gasteiger partial charge in [-0.1, -0.05) is 12.1 Å². The molecule has 0 N–H and O–H groups in total. The number of carbonyl (C=O) groups is 1. The van der Waals surface area contributed by atoms with Crippen LogP contribution < -0.4 is 0 Å². The molecule has 2 aromatic heterocycles. The molecule has 0 radical (unpaired) electrons. The summed E-state index contributed by atoms with van der Waals surface area (Å²) in [6.45, 7) is 2.47. The number of imidazole rings is 1. The van der Waals surface area contributed by atoms with Gasteiger partial charge in [-0.3, -0.25) is 9.36 Å². The fourth-order valence-electron chi connectivity index (χ4n) is 2.94. The molecule has 23 heavy (non-hydrogen) atoms. The van der Waals surface area contributed by atoms with Crippen molar-refractivity contribution in [2.24, 2.45) is 0 Å². The summed E-state index contributed by atoms with van der Waals surface area (Å²) in [7, 11) is 1.78. The smallest absolute Gasteiger partial charge is 0.256 e. The molecule has 7 nitrogen and oxygen atoms in total. The summed E-state index contributed by atoms with van der Waals surface area (Å²) in [5, 5.41) is 8.70. The minimum absolute atomic E-state index is 0.00710. The minimum atomic E-state index is -0.0367. The quantitative estimate of drug-likeness (QED) is 0.722. The van der Waals surface area contributed by atoms with Gasteiger partial charge in [0.2, 0.25) is 0 Å². The lowest BCUT2D eigenvalue weighted by Crippen LogP contribution is -2.25. The molecular formula is C16H16N6O. The van der Waals surface area contributed by atoms with Crippen LogP contribution >= 0.6 is 0 Å². The van der Waals surface area contributed by atoms with E-state index in [0.29, 0.717) is 12.1 Å². The molecule has 7 heteroatoms. The topological polar surface area (TPSA) is 68.8 Å². The molecule has 1 aliphatic rings. The summed E-state index contributed by atoms with van der Waals surface area (Å²) >= 11 is 0. The molecule has 0 spiro atoms. The average molecular weight is 308 g/mol. The van der Waals surface area contributed by atoms with Gasteiger partial charge >= 0.3 is 0 Å². The molecule has 3 aromatic rings. The molecule has 0 bridgehead atoms. The number of hydrogen-bond donors (Lipinski definition) is 0. The van der Waals surface area contributed by atoms with Gasteiger partial charge in [-0.05, 0) is 19.1 Å². The standard InChI is InChI=1S/C16H16N6O/c1-11(21-8-7-17-10-21)15-19-18-14-9-20(2)16(23)12-5-3-4-6-13(12)22(14)15/h3-8,10-11H,9H2,1-2H3. The van der Waals surface area contributed by atoms with E-state index in [9.17, 15) is 4.79 Å². The zero-order chi connectivity index (χ0) is 16.0. The van der Waals surface area contributed by atoms with Gasteiger partial charge in [-0.2, -0.15) is 0 Å². The fraction of sp³-hybridized carbons (Fsp3) is 0.250. The lowest BCUT2D eigenvalue weighted by molar-refractivity contribution is 0.0786. The Kier molecular flexibility index (Phi) is 3.00. The van der Waals surface area contributed by atoms with Crippen molar-refractivity contribution in [3.8, 4) is 5.69 Å². The molecule has 0 saturated carbocycles. The Hall–Kier alpha value is -2.96. The Morgan fingerprint density at radius 3 is 2.83 bits per heavy atom. The Labute approximate surface area is 133 Å². The predicted molar refractivity (Wildman–Crippen MR) is 83.2 cm³/mol. The van der Waals surface area contributed by atoms with Crippen LogP contribution in [0.2, 0.25) is 0 Å². The highest BCUT2D eigenvalue weighted by molar-refractivity contribution is 5.98. The van der Waals surface area contributed by atoms with Crippen LogP contribution in [0.15, 0.2) is 43.0 Å². The number of nitrogens with zero attached hydrogens (tertiary/aromatic N) is 6. The highest BCUT2D eigenvalue weighted by Gasteiger charge is 2.28. The van der Waals surface area contributed by atoms with Crippen LogP contribution in [0.5, 0.6) is 0 Å². The van der Waals surface area contributed by atoms with Crippen molar-refractivity contribution in [2.75, 3.05) is 7.05 Å². The third kappa shape index (κ3) is 2.04. The maximum Gasteiger partial charge on any atom is 0.256 e. The van der Waals surface area contributed by atoms with E-state index in [1.807, 2.05) is 46.5 Å². The number of benzene rings is 1. The molecule has 0 saturated heterocycles. The largest absolute Gasteiger partial charge is 0.334 e.